The molecule has 0 saturated carbocycles. The van der Waals surface area contributed by atoms with E-state index in [-0.39, 0.29) is 18.1 Å². The molecule has 2 rings (SSSR count). The maximum Gasteiger partial charge on any atom is 0.162 e. The fraction of sp³-hybridized carbons (Fsp3) is 0.294. The fourth-order valence-electron chi connectivity index (χ4n) is 2.04. The minimum Gasteiger partial charge on any atom is -0.491 e. The van der Waals surface area contributed by atoms with Crippen LogP contribution >= 0.6 is 11.6 Å². The Balaban J connectivity index is 2.09. The average Bonchev–Trinajstić information content (AvgIpc) is 2.44. The van der Waals surface area contributed by atoms with E-state index < -0.39 is 17.0 Å². The molecule has 0 aliphatic heterocycles. The van der Waals surface area contributed by atoms with Crippen molar-refractivity contribution in [1.82, 2.24) is 0 Å². The van der Waals surface area contributed by atoms with Crippen molar-refractivity contribution in [2.45, 2.75) is 31.7 Å². The van der Waals surface area contributed by atoms with Crippen molar-refractivity contribution in [1.29, 1.82) is 0 Å². The second kappa shape index (κ2) is 6.90. The summed E-state index contributed by atoms with van der Waals surface area (Å²) in [6, 6.07) is 11.5. The van der Waals surface area contributed by atoms with Crippen LogP contribution in [0, 0.1) is 11.6 Å². The van der Waals surface area contributed by atoms with E-state index in [0.29, 0.717) is 0 Å². The largest absolute Gasteiger partial charge is 0.491 e. The molecule has 0 amide bonds. The number of rotatable bonds is 5. The lowest BCUT2D eigenvalue weighted by atomic mass is 10.0. The first-order valence-electron chi connectivity index (χ1n) is 6.81. The van der Waals surface area contributed by atoms with E-state index in [0.717, 1.165) is 17.4 Å². The first-order chi connectivity index (χ1) is 9.97. The molecule has 0 bridgehead atoms. The van der Waals surface area contributed by atoms with E-state index in [1.807, 2.05) is 38.1 Å². The van der Waals surface area contributed by atoms with Crippen LogP contribution in [-0.2, 0) is 6.42 Å². The molecule has 0 saturated heterocycles. The molecule has 0 aliphatic carbocycles. The molecule has 4 heteroatoms. The smallest absolute Gasteiger partial charge is 0.162 e. The summed E-state index contributed by atoms with van der Waals surface area (Å²) in [4.78, 5) is 0. The van der Waals surface area contributed by atoms with Gasteiger partial charge in [0.15, 0.2) is 11.6 Å². The predicted molar refractivity (Wildman–Crippen MR) is 80.9 cm³/mol. The molecule has 0 fully saturated rings. The average molecular weight is 311 g/mol. The normalized spacial score (nSPS) is 12.5. The molecule has 0 aliphatic rings. The van der Waals surface area contributed by atoms with Crippen molar-refractivity contribution >= 4 is 11.6 Å². The Morgan fingerprint density at radius 3 is 2.33 bits per heavy atom. The summed E-state index contributed by atoms with van der Waals surface area (Å²) in [5.41, 5.74) is 1.12. The van der Waals surface area contributed by atoms with Crippen LogP contribution in [0.4, 0.5) is 8.78 Å². The van der Waals surface area contributed by atoms with Crippen molar-refractivity contribution < 1.29 is 13.5 Å². The van der Waals surface area contributed by atoms with Gasteiger partial charge in [-0.05, 0) is 49.6 Å². The Labute approximate surface area is 128 Å². The van der Waals surface area contributed by atoms with Crippen molar-refractivity contribution in [3.05, 3.63) is 65.2 Å². The molecule has 1 nitrogen and oxygen atoms in total. The van der Waals surface area contributed by atoms with E-state index in [1.54, 1.807) is 6.07 Å². The lowest BCUT2D eigenvalue weighted by molar-refractivity contribution is 0.242. The standard InChI is InChI=1S/C17H17ClF2O/c1-11(2)21-14-8-6-12(7-9-14)15(18)10-13-4-3-5-16(19)17(13)20/h3-9,11,15H,10H2,1-2H3. The van der Waals surface area contributed by atoms with Gasteiger partial charge >= 0.3 is 0 Å². The molecule has 1 unspecified atom stereocenters. The minimum atomic E-state index is -0.850. The van der Waals surface area contributed by atoms with Gasteiger partial charge in [0.1, 0.15) is 5.75 Å². The van der Waals surface area contributed by atoms with E-state index in [1.165, 1.54) is 6.07 Å². The van der Waals surface area contributed by atoms with Gasteiger partial charge in [-0.3, -0.25) is 0 Å². The van der Waals surface area contributed by atoms with E-state index in [2.05, 4.69) is 0 Å². The molecule has 0 heterocycles. The van der Waals surface area contributed by atoms with Crippen LogP contribution in [0.25, 0.3) is 0 Å². The van der Waals surface area contributed by atoms with Crippen molar-refractivity contribution in [3.63, 3.8) is 0 Å². The van der Waals surface area contributed by atoms with Gasteiger partial charge < -0.3 is 4.74 Å². The first-order valence-corrected chi connectivity index (χ1v) is 7.24. The number of halogens is 3. The van der Waals surface area contributed by atoms with Crippen LogP contribution in [0.15, 0.2) is 42.5 Å². The van der Waals surface area contributed by atoms with Gasteiger partial charge in [0, 0.05) is 0 Å². The Morgan fingerprint density at radius 2 is 1.71 bits per heavy atom. The quantitative estimate of drug-likeness (QED) is 0.683. The highest BCUT2D eigenvalue weighted by Crippen LogP contribution is 2.28. The Hall–Kier alpha value is -1.61. The van der Waals surface area contributed by atoms with Crippen LogP contribution in [-0.4, -0.2) is 6.10 Å². The highest BCUT2D eigenvalue weighted by Gasteiger charge is 2.14. The maximum absolute atomic E-state index is 13.6. The van der Waals surface area contributed by atoms with E-state index in [4.69, 9.17) is 16.3 Å². The number of hydrogen-bond donors (Lipinski definition) is 0. The van der Waals surface area contributed by atoms with E-state index in [9.17, 15) is 8.78 Å². The third-order valence-corrected chi connectivity index (χ3v) is 3.45. The van der Waals surface area contributed by atoms with Gasteiger partial charge in [-0.1, -0.05) is 24.3 Å². The highest BCUT2D eigenvalue weighted by molar-refractivity contribution is 6.20. The van der Waals surface area contributed by atoms with Crippen molar-refractivity contribution in [3.8, 4) is 5.75 Å². The van der Waals surface area contributed by atoms with Gasteiger partial charge in [0.25, 0.3) is 0 Å². The molecular weight excluding hydrogens is 294 g/mol. The summed E-state index contributed by atoms with van der Waals surface area (Å²) in [6.07, 6.45) is 0.333. The van der Waals surface area contributed by atoms with Gasteiger partial charge in [0.2, 0.25) is 0 Å². The zero-order chi connectivity index (χ0) is 15.4. The van der Waals surface area contributed by atoms with Crippen LogP contribution in [0.2, 0.25) is 0 Å². The minimum absolute atomic E-state index is 0.101. The predicted octanol–water partition coefficient (Wildman–Crippen LogP) is 5.27. The van der Waals surface area contributed by atoms with Gasteiger partial charge in [-0.2, -0.15) is 0 Å². The summed E-state index contributed by atoms with van der Waals surface area (Å²) in [5.74, 6) is -0.922. The zero-order valence-corrected chi connectivity index (χ0v) is 12.7. The first kappa shape index (κ1) is 15.8. The molecular formula is C17H17ClF2O. The summed E-state index contributed by atoms with van der Waals surface area (Å²) < 4.78 is 32.4. The van der Waals surface area contributed by atoms with E-state index >= 15 is 0 Å². The summed E-state index contributed by atoms with van der Waals surface area (Å²) in [6.45, 7) is 3.90. The van der Waals surface area contributed by atoms with Crippen molar-refractivity contribution in [2.75, 3.05) is 0 Å². The maximum atomic E-state index is 13.6. The fourth-order valence-corrected chi connectivity index (χ4v) is 2.36. The van der Waals surface area contributed by atoms with Gasteiger partial charge in [0.05, 0.1) is 11.5 Å². The molecule has 21 heavy (non-hydrogen) atoms. The van der Waals surface area contributed by atoms with Crippen LogP contribution in [0.5, 0.6) is 5.75 Å². The Morgan fingerprint density at radius 1 is 1.05 bits per heavy atom. The molecule has 2 aromatic rings. The lowest BCUT2D eigenvalue weighted by Crippen LogP contribution is -2.05. The summed E-state index contributed by atoms with van der Waals surface area (Å²) >= 11 is 6.29. The SMILES string of the molecule is CC(C)Oc1ccc(C(Cl)Cc2cccc(F)c2F)cc1. The molecule has 1 atom stereocenters. The zero-order valence-electron chi connectivity index (χ0n) is 11.9. The van der Waals surface area contributed by atoms with Crippen molar-refractivity contribution in [2.24, 2.45) is 0 Å². The van der Waals surface area contributed by atoms with Gasteiger partial charge in [-0.15, -0.1) is 11.6 Å². The second-order valence-corrected chi connectivity index (χ2v) is 5.65. The molecule has 0 aromatic heterocycles. The topological polar surface area (TPSA) is 9.23 Å². The third kappa shape index (κ3) is 4.18. The van der Waals surface area contributed by atoms with Crippen LogP contribution < -0.4 is 4.74 Å². The molecule has 0 spiro atoms. The number of hydrogen-bond acceptors (Lipinski definition) is 1. The van der Waals surface area contributed by atoms with Gasteiger partial charge in [-0.25, -0.2) is 8.78 Å². The monoisotopic (exact) mass is 310 g/mol. The lowest BCUT2D eigenvalue weighted by Gasteiger charge is -2.13. The summed E-state index contributed by atoms with van der Waals surface area (Å²) in [7, 11) is 0. The molecule has 0 radical (unpaired) electrons. The van der Waals surface area contributed by atoms with Crippen LogP contribution in [0.1, 0.15) is 30.4 Å². The number of alkyl halides is 1. The molecule has 0 N–H and O–H groups in total. The Kier molecular flexibility index (Phi) is 5.18. The molecule has 2 aromatic carbocycles. The number of benzene rings is 2. The second-order valence-electron chi connectivity index (χ2n) is 5.12. The summed E-state index contributed by atoms with van der Waals surface area (Å²) in [5, 5.41) is -0.422. The molecule has 112 valence electrons. The highest BCUT2D eigenvalue weighted by atomic mass is 35.5. The number of ether oxygens (including phenoxy) is 1. The van der Waals surface area contributed by atoms with Crippen LogP contribution in [0.3, 0.4) is 0 Å². The Bertz CT molecular complexity index is 596. The third-order valence-electron chi connectivity index (χ3n) is 3.04.